The Morgan fingerprint density at radius 3 is 2.83 bits per heavy atom. The number of anilines is 1. The number of urea groups is 1. The van der Waals surface area contributed by atoms with Gasteiger partial charge in [0.1, 0.15) is 12.4 Å². The second-order valence-corrected chi connectivity index (χ2v) is 8.24. The molecule has 7 heteroatoms. The van der Waals surface area contributed by atoms with E-state index < -0.39 is 0 Å². The van der Waals surface area contributed by atoms with Gasteiger partial charge in [0.25, 0.3) is 0 Å². The summed E-state index contributed by atoms with van der Waals surface area (Å²) in [5.41, 5.74) is 1.65. The van der Waals surface area contributed by atoms with Crippen LogP contribution in [0, 0.1) is 0 Å². The van der Waals surface area contributed by atoms with E-state index in [0.29, 0.717) is 24.6 Å². The van der Waals surface area contributed by atoms with Gasteiger partial charge in [0, 0.05) is 43.3 Å². The average Bonchev–Trinajstić information content (AvgIpc) is 3.25. The van der Waals surface area contributed by atoms with Crippen LogP contribution in [0.1, 0.15) is 17.8 Å². The Hall–Kier alpha value is -2.35. The molecule has 1 saturated heterocycles. The molecule has 0 saturated carbocycles. The van der Waals surface area contributed by atoms with Crippen molar-refractivity contribution in [2.24, 2.45) is 0 Å². The zero-order valence-electron chi connectivity index (χ0n) is 17.1. The van der Waals surface area contributed by atoms with E-state index in [-0.39, 0.29) is 12.1 Å². The summed E-state index contributed by atoms with van der Waals surface area (Å²) in [4.78, 5) is 18.2. The number of morpholine rings is 1. The van der Waals surface area contributed by atoms with Crippen molar-refractivity contribution < 1.29 is 14.3 Å². The zero-order chi connectivity index (χ0) is 20.6. The molecule has 0 bridgehead atoms. The van der Waals surface area contributed by atoms with Gasteiger partial charge in [-0.3, -0.25) is 4.90 Å². The summed E-state index contributed by atoms with van der Waals surface area (Å²) in [6.45, 7) is 10.0. The van der Waals surface area contributed by atoms with Gasteiger partial charge in [-0.2, -0.15) is 0 Å². The Morgan fingerprint density at radius 1 is 1.34 bits per heavy atom. The highest BCUT2D eigenvalue weighted by Gasteiger charge is 2.26. The summed E-state index contributed by atoms with van der Waals surface area (Å²) >= 11 is 1.73. The van der Waals surface area contributed by atoms with Crippen LogP contribution in [0.5, 0.6) is 5.75 Å². The predicted molar refractivity (Wildman–Crippen MR) is 118 cm³/mol. The third-order valence-corrected chi connectivity index (χ3v) is 5.70. The summed E-state index contributed by atoms with van der Waals surface area (Å²) in [6.07, 6.45) is 0. The second-order valence-electron chi connectivity index (χ2n) is 7.26. The first-order valence-corrected chi connectivity index (χ1v) is 10.7. The number of nitrogens with zero attached hydrogens (tertiary/aromatic N) is 2. The molecule has 1 aromatic heterocycles. The van der Waals surface area contributed by atoms with Crippen molar-refractivity contribution in [2.75, 3.05) is 51.8 Å². The first-order valence-electron chi connectivity index (χ1n) is 9.77. The number of benzene rings is 1. The SMILES string of the molecule is C=C(C)COc1cccc(NC(=O)N(C)C[C@@H](c2cccs2)N2CCOCC2)c1. The second kappa shape index (κ2) is 10.4. The fourth-order valence-corrected chi connectivity index (χ4v) is 4.04. The molecule has 0 unspecified atom stereocenters. The molecule has 3 rings (SSSR count). The maximum absolute atomic E-state index is 12.8. The van der Waals surface area contributed by atoms with Gasteiger partial charge in [0.2, 0.25) is 0 Å². The van der Waals surface area contributed by atoms with Crippen LogP contribution in [0.3, 0.4) is 0 Å². The molecular weight excluding hydrogens is 386 g/mol. The van der Waals surface area contributed by atoms with E-state index in [0.717, 1.165) is 31.9 Å². The van der Waals surface area contributed by atoms with Gasteiger partial charge < -0.3 is 19.7 Å². The highest BCUT2D eigenvalue weighted by Crippen LogP contribution is 2.27. The topological polar surface area (TPSA) is 54.0 Å². The number of amides is 2. The normalized spacial score (nSPS) is 15.5. The van der Waals surface area contributed by atoms with E-state index >= 15 is 0 Å². The third-order valence-electron chi connectivity index (χ3n) is 4.72. The number of carbonyl (C=O) groups is 1. The maximum atomic E-state index is 12.8. The van der Waals surface area contributed by atoms with Gasteiger partial charge >= 0.3 is 6.03 Å². The van der Waals surface area contributed by atoms with Gasteiger partial charge in [-0.15, -0.1) is 11.3 Å². The minimum atomic E-state index is -0.142. The molecule has 1 aromatic carbocycles. The zero-order valence-corrected chi connectivity index (χ0v) is 17.9. The third kappa shape index (κ3) is 6.32. The first-order chi connectivity index (χ1) is 14.0. The Morgan fingerprint density at radius 2 is 2.14 bits per heavy atom. The van der Waals surface area contributed by atoms with E-state index in [1.165, 1.54) is 4.88 Å². The molecule has 1 N–H and O–H groups in total. The minimum absolute atomic E-state index is 0.142. The number of ether oxygens (including phenoxy) is 2. The van der Waals surface area contributed by atoms with Crippen LogP contribution in [-0.4, -0.2) is 62.3 Å². The van der Waals surface area contributed by atoms with Crippen LogP contribution in [0.2, 0.25) is 0 Å². The largest absolute Gasteiger partial charge is 0.489 e. The number of likely N-dealkylation sites (N-methyl/N-ethyl adjacent to an activating group) is 1. The molecule has 0 spiro atoms. The Balaban J connectivity index is 1.62. The summed E-state index contributed by atoms with van der Waals surface area (Å²) < 4.78 is 11.2. The van der Waals surface area contributed by atoms with Crippen molar-refractivity contribution >= 4 is 23.1 Å². The first kappa shape index (κ1) is 21.4. The van der Waals surface area contributed by atoms with Gasteiger partial charge in [-0.25, -0.2) is 4.79 Å². The summed E-state index contributed by atoms with van der Waals surface area (Å²) in [5.74, 6) is 0.707. The highest BCUT2D eigenvalue weighted by molar-refractivity contribution is 7.10. The van der Waals surface area contributed by atoms with Crippen LogP contribution in [0.4, 0.5) is 10.5 Å². The number of rotatable bonds is 8. The molecule has 2 heterocycles. The summed E-state index contributed by atoms with van der Waals surface area (Å²) in [6, 6.07) is 11.6. The molecule has 29 heavy (non-hydrogen) atoms. The van der Waals surface area contributed by atoms with Crippen LogP contribution in [0.25, 0.3) is 0 Å². The van der Waals surface area contributed by atoms with E-state index in [1.54, 1.807) is 16.2 Å². The van der Waals surface area contributed by atoms with E-state index in [2.05, 4.69) is 34.3 Å². The van der Waals surface area contributed by atoms with E-state index in [9.17, 15) is 4.79 Å². The van der Waals surface area contributed by atoms with Crippen molar-refractivity contribution in [3.05, 3.63) is 58.8 Å². The van der Waals surface area contributed by atoms with Gasteiger partial charge in [-0.05, 0) is 36.1 Å². The van der Waals surface area contributed by atoms with Gasteiger partial charge in [0.15, 0.2) is 0 Å². The average molecular weight is 416 g/mol. The van der Waals surface area contributed by atoms with Crippen LogP contribution >= 0.6 is 11.3 Å². The lowest BCUT2D eigenvalue weighted by Gasteiger charge is -2.36. The number of hydrogen-bond donors (Lipinski definition) is 1. The fourth-order valence-electron chi connectivity index (χ4n) is 3.19. The summed E-state index contributed by atoms with van der Waals surface area (Å²) in [7, 11) is 1.83. The minimum Gasteiger partial charge on any atom is -0.489 e. The summed E-state index contributed by atoms with van der Waals surface area (Å²) in [5, 5.41) is 5.05. The van der Waals surface area contributed by atoms with E-state index in [1.807, 2.05) is 38.2 Å². The van der Waals surface area contributed by atoms with Crippen molar-refractivity contribution in [1.82, 2.24) is 9.80 Å². The molecule has 1 aliphatic rings. The number of nitrogens with one attached hydrogen (secondary N) is 1. The molecule has 2 amide bonds. The van der Waals surface area contributed by atoms with E-state index in [4.69, 9.17) is 9.47 Å². The lowest BCUT2D eigenvalue weighted by Crippen LogP contribution is -2.44. The Kier molecular flexibility index (Phi) is 7.69. The molecule has 6 nitrogen and oxygen atoms in total. The molecule has 156 valence electrons. The van der Waals surface area contributed by atoms with Crippen LogP contribution < -0.4 is 10.1 Å². The van der Waals surface area contributed by atoms with Crippen LogP contribution in [-0.2, 0) is 4.74 Å². The smallest absolute Gasteiger partial charge is 0.321 e. The lowest BCUT2D eigenvalue weighted by atomic mass is 10.1. The molecular formula is C22H29N3O3S. The number of thiophene rings is 1. The maximum Gasteiger partial charge on any atom is 0.321 e. The predicted octanol–water partition coefficient (Wildman–Crippen LogP) is 4.24. The molecule has 1 fully saturated rings. The van der Waals surface area contributed by atoms with Crippen molar-refractivity contribution in [1.29, 1.82) is 0 Å². The monoisotopic (exact) mass is 415 g/mol. The van der Waals surface area contributed by atoms with Crippen molar-refractivity contribution in [3.8, 4) is 5.75 Å². The standard InChI is InChI=1S/C22H29N3O3S/c1-17(2)16-28-19-7-4-6-18(14-19)23-22(26)24(3)15-20(21-8-5-13-29-21)25-9-11-27-12-10-25/h4-8,13-14,20H,1,9-12,15-16H2,2-3H3,(H,23,26)/t20-/m0/s1. The molecule has 0 radical (unpaired) electrons. The van der Waals surface area contributed by atoms with Gasteiger partial charge in [0.05, 0.1) is 19.3 Å². The van der Waals surface area contributed by atoms with Crippen molar-refractivity contribution in [3.63, 3.8) is 0 Å². The quantitative estimate of drug-likeness (QED) is 0.655. The number of carbonyl (C=O) groups excluding carboxylic acids is 1. The Labute approximate surface area is 176 Å². The molecule has 1 atom stereocenters. The van der Waals surface area contributed by atoms with Gasteiger partial charge in [-0.1, -0.05) is 18.7 Å². The molecule has 1 aliphatic heterocycles. The molecule has 2 aromatic rings. The fraction of sp³-hybridized carbons (Fsp3) is 0.409. The highest BCUT2D eigenvalue weighted by atomic mass is 32.1. The molecule has 0 aliphatic carbocycles. The van der Waals surface area contributed by atoms with Crippen molar-refractivity contribution in [2.45, 2.75) is 13.0 Å². The Bertz CT molecular complexity index is 803. The van der Waals surface area contributed by atoms with Crippen LogP contribution in [0.15, 0.2) is 53.9 Å². The number of hydrogen-bond acceptors (Lipinski definition) is 5. The lowest BCUT2D eigenvalue weighted by molar-refractivity contribution is 0.0125.